The Balaban J connectivity index is 1.15. The van der Waals surface area contributed by atoms with Crippen LogP contribution in [0, 0.1) is 15.5 Å². The lowest BCUT2D eigenvalue weighted by Crippen LogP contribution is -2.72. The largest absolute Gasteiger partial charge is 0.481 e. The van der Waals surface area contributed by atoms with Gasteiger partial charge in [-0.15, -0.1) is 5.10 Å². The number of primary amides is 2. The lowest BCUT2D eigenvalue weighted by molar-refractivity contribution is -0.385. The molecule has 27 atom stereocenters. The van der Waals surface area contributed by atoms with Crippen LogP contribution in [-0.2, 0) is 104 Å². The standard InChI is InChI=1S/C86H133N10O40P/c1-43(2)17-14-19-44(3)20-21-46(5)26-29-85(9,10)28-13-12-18-45(4)27-34-124-56(78(113)114)42-126-137(119,120)136-83-71(72(135-84(89)115)86(11,116)73(134-83)74(88)111)133-80-59(92-49(8)99)62(105)69(55(129-80)41-125-81-66(109)63(106)60(103)54(40-97)128-81)131-79-58(91-48(7)98)61(104)68(47(6)127-79)130-82-67(110)64(107)65(108)70(132-82)76-93-75(53(100)24-25-57(101)102)94-95(76)50-22-23-52(96(117)118)51(39-50)77(112)90-31-16-33-122-36-38-123-37-35-121-32-15-30-87/h13,17,20,22-23,27-28,39,47,54-56,58-73,79-83,97,103-110,116H,5,12,14-16,18-19,21,24-26,29-38,40-42,87H2,1-4,6-11H3,(H2,88,111)(H2,89,115)(H,90,112)(H,91,98)(H,92,99)(H,101,102)(H,113,114)(H,119,120)/b28-13+,44-20+,45-27-/t47-,54-,55-,56+,58-,59-,60-,61-,62-,63+,64+,65-,66-,67-,68-,69-,70+,71-,72-,73-,79+,80+,81-,82-,83-,86+/m1/s1. The normalized spacial score (nSPS) is 30.1. The summed E-state index contributed by atoms with van der Waals surface area (Å²) < 4.78 is 108. The molecule has 5 amide bonds. The zero-order valence-electron chi connectivity index (χ0n) is 77.8. The summed E-state index contributed by atoms with van der Waals surface area (Å²) in [5, 5.41) is 160. The fourth-order valence-corrected chi connectivity index (χ4v) is 15.8. The molecule has 7 rings (SSSR count). The number of hydrogen-bond acceptors (Lipinski definition) is 40. The van der Waals surface area contributed by atoms with E-state index in [0.717, 1.165) is 86.9 Å². The number of allylic oxidation sites excluding steroid dienone is 8. The predicted molar refractivity (Wildman–Crippen MR) is 471 cm³/mol. The Morgan fingerprint density at radius 1 is 0.708 bits per heavy atom. The molecular formula is C86H133N10O40P. The van der Waals surface area contributed by atoms with Crippen molar-refractivity contribution in [3.05, 3.63) is 105 Å². The van der Waals surface area contributed by atoms with Gasteiger partial charge in [0.2, 0.25) is 29.3 Å². The van der Waals surface area contributed by atoms with Crippen molar-refractivity contribution in [3.8, 4) is 5.69 Å². The number of nitrogens with one attached hydrogen (secondary N) is 3. The van der Waals surface area contributed by atoms with Crippen molar-refractivity contribution in [1.29, 1.82) is 0 Å². The summed E-state index contributed by atoms with van der Waals surface area (Å²) >= 11 is 0. The first-order valence-corrected chi connectivity index (χ1v) is 46.0. The number of carboxylic acids is 2. The predicted octanol–water partition coefficient (Wildman–Crippen LogP) is -0.849. The SMILES string of the molecule is C=C(C/C=C(\C)CCC=C(C)C)CCC(C)(C)/C=C/CC/C(C)=C\CO[C@@H](COP(=O)(O)O[C@H]1O[C@H](C(N)=O)[C@@](C)(O)[C@H](OC(N)=O)[C@H]1O[C@@H]1O[C@H](CO[C@@H]2O[C@H](CO)[C@@H](O)[C@H](O)[C@H]2O)[C@@H](O[C@@H]2O[C@H](C)[C@@H](O[C@@H]3O[C@H](c4nc(C(=O)CCC(=O)O)nn4-c4ccc([N+](=O)[O-])c(C(=O)NCCCOCCOCCOCCCN)c4)[C@H](O)[C@H](O)[C@H]3O)[C@H](O)[C@H]2NC(C)=O)[C@H](O)[C@H]1NC(C)=O)C(=O)O. The highest BCUT2D eigenvalue weighted by Gasteiger charge is 2.63. The summed E-state index contributed by atoms with van der Waals surface area (Å²) in [6.45, 7) is 18.5. The number of phosphoric acid groups is 1. The Labute approximate surface area is 789 Å². The molecule has 0 aliphatic carbocycles. The van der Waals surface area contributed by atoms with Gasteiger partial charge in [0.05, 0.1) is 76.0 Å². The molecule has 5 saturated heterocycles. The number of aliphatic carboxylic acids is 2. The number of ketones is 1. The molecule has 1 aromatic heterocycles. The van der Waals surface area contributed by atoms with Crippen molar-refractivity contribution >= 4 is 61.0 Å². The minimum Gasteiger partial charge on any atom is -0.481 e. The fraction of sp³-hybridized carbons (Fsp3) is 0.698. The minimum absolute atomic E-state index is 0.0862. The van der Waals surface area contributed by atoms with Gasteiger partial charge in [0.15, 0.2) is 61.7 Å². The van der Waals surface area contributed by atoms with Gasteiger partial charge in [-0.2, -0.15) is 0 Å². The van der Waals surface area contributed by atoms with Crippen molar-refractivity contribution in [2.45, 2.75) is 299 Å². The number of nitro groups is 1. The topological polar surface area (TPSA) is 752 Å². The van der Waals surface area contributed by atoms with Crippen LogP contribution in [0.25, 0.3) is 5.69 Å². The Kier molecular flexibility index (Phi) is 45.8. The molecule has 51 heteroatoms. The zero-order valence-corrected chi connectivity index (χ0v) is 78.7. The van der Waals surface area contributed by atoms with E-state index in [2.05, 4.69) is 85.5 Å². The van der Waals surface area contributed by atoms with Gasteiger partial charge in [-0.3, -0.25) is 47.9 Å². The van der Waals surface area contributed by atoms with Gasteiger partial charge in [-0.25, -0.2) is 23.8 Å². The second-order valence-electron chi connectivity index (χ2n) is 34.7. The van der Waals surface area contributed by atoms with Crippen molar-refractivity contribution in [2.75, 3.05) is 79.2 Å². The van der Waals surface area contributed by atoms with E-state index in [0.29, 0.717) is 45.6 Å². The number of hydrogen-bond donors (Lipinski definition) is 19. The summed E-state index contributed by atoms with van der Waals surface area (Å²) in [6, 6.07) is -1.32. The molecule has 5 aliphatic rings. The quantitative estimate of drug-likeness (QED) is 0.00958. The van der Waals surface area contributed by atoms with Crippen LogP contribution in [0.2, 0.25) is 0 Å². The van der Waals surface area contributed by atoms with Crippen LogP contribution in [0.3, 0.4) is 0 Å². The van der Waals surface area contributed by atoms with Crippen molar-refractivity contribution in [3.63, 3.8) is 0 Å². The number of Topliss-reactive ketones (excluding diaryl/α,β-unsaturated/α-hetero) is 1. The van der Waals surface area contributed by atoms with Crippen LogP contribution in [-0.4, -0.2) is 365 Å². The first-order valence-electron chi connectivity index (χ1n) is 44.5. The molecule has 0 bridgehead atoms. The van der Waals surface area contributed by atoms with Crippen LogP contribution < -0.4 is 33.2 Å². The van der Waals surface area contributed by atoms with Crippen LogP contribution in [0.1, 0.15) is 173 Å². The number of amides is 5. The number of aliphatic hydroxyl groups excluding tert-OH is 9. The second-order valence-corrected chi connectivity index (χ2v) is 36.1. The van der Waals surface area contributed by atoms with Crippen molar-refractivity contribution in [2.24, 2.45) is 22.6 Å². The van der Waals surface area contributed by atoms with Gasteiger partial charge >= 0.3 is 25.9 Å². The van der Waals surface area contributed by atoms with Gasteiger partial charge in [-0.1, -0.05) is 73.1 Å². The molecule has 0 radical (unpaired) electrons. The zero-order chi connectivity index (χ0) is 102. The minimum atomic E-state index is -5.91. The first kappa shape index (κ1) is 115. The maximum absolute atomic E-state index is 14.3. The summed E-state index contributed by atoms with van der Waals surface area (Å²) in [5.74, 6) is -10.3. The molecule has 1 aromatic carbocycles. The van der Waals surface area contributed by atoms with Crippen LogP contribution >= 0.6 is 7.82 Å². The Bertz CT molecular complexity index is 4510. The van der Waals surface area contributed by atoms with Gasteiger partial charge in [0.1, 0.15) is 103 Å². The van der Waals surface area contributed by atoms with E-state index in [1.165, 1.54) is 18.1 Å². The van der Waals surface area contributed by atoms with Crippen LogP contribution in [0.5, 0.6) is 0 Å². The average molecular weight is 1980 g/mol. The maximum atomic E-state index is 14.3. The van der Waals surface area contributed by atoms with E-state index in [-0.39, 0.29) is 50.5 Å². The summed E-state index contributed by atoms with van der Waals surface area (Å²) in [5.41, 5.74) is 16.3. The fourth-order valence-electron chi connectivity index (χ4n) is 15.0. The number of phosphoric ester groups is 1. The highest BCUT2D eigenvalue weighted by atomic mass is 31.2. The van der Waals surface area contributed by atoms with Gasteiger partial charge in [-0.05, 0) is 123 Å². The third kappa shape index (κ3) is 34.4. The molecule has 50 nitrogen and oxygen atoms in total. The van der Waals surface area contributed by atoms with Gasteiger partial charge < -0.3 is 166 Å². The number of carbonyl (C=O) groups excluding carboxylic acids is 6. The van der Waals surface area contributed by atoms with E-state index in [1.54, 1.807) is 13.0 Å². The van der Waals surface area contributed by atoms with Crippen molar-refractivity contribution < 1.29 is 189 Å². The number of benzene rings is 1. The van der Waals surface area contributed by atoms with Gasteiger partial charge in [0.25, 0.3) is 11.6 Å². The number of rotatable bonds is 56. The van der Waals surface area contributed by atoms with E-state index in [1.807, 2.05) is 6.08 Å². The lowest BCUT2D eigenvalue weighted by atomic mass is 9.85. The Hall–Kier alpha value is -8.63. The lowest BCUT2D eigenvalue weighted by Gasteiger charge is -2.52. The summed E-state index contributed by atoms with van der Waals surface area (Å²) in [7, 11) is -5.91. The number of carboxylic acid groups (broad SMARTS) is 2. The number of nitrogens with zero attached hydrogens (tertiary/aromatic N) is 4. The van der Waals surface area contributed by atoms with E-state index in [4.69, 9.17) is 92.6 Å². The molecule has 6 heterocycles. The average Bonchev–Trinajstić information content (AvgIpc) is 1.19. The molecule has 2 aromatic rings. The number of ether oxygens (including phenoxy) is 14. The third-order valence-corrected chi connectivity index (χ3v) is 23.5. The van der Waals surface area contributed by atoms with Crippen LogP contribution in [0.15, 0.2) is 77.5 Å². The second kappa shape index (κ2) is 54.4. The number of nitrogens with two attached hydrogens (primary N) is 3. The molecule has 5 fully saturated rings. The molecule has 22 N–H and O–H groups in total. The summed E-state index contributed by atoms with van der Waals surface area (Å²) in [6.07, 6.45) is -37.7. The van der Waals surface area contributed by atoms with Gasteiger partial charge in [0, 0.05) is 46.1 Å². The molecular weight excluding hydrogens is 1840 g/mol. The van der Waals surface area contributed by atoms with E-state index in [9.17, 15) is 119 Å². The first-order chi connectivity index (χ1) is 64.5. The highest BCUT2D eigenvalue weighted by molar-refractivity contribution is 7.47. The number of nitro benzene ring substituents is 1. The Morgan fingerprint density at radius 2 is 1.30 bits per heavy atom. The molecule has 0 saturated carbocycles. The number of aliphatic hydroxyl groups is 10. The molecule has 5 aliphatic heterocycles. The highest BCUT2D eigenvalue weighted by Crippen LogP contribution is 2.50. The maximum Gasteiger partial charge on any atom is 0.474 e. The smallest absolute Gasteiger partial charge is 0.474 e. The van der Waals surface area contributed by atoms with Crippen molar-refractivity contribution in [1.82, 2.24) is 30.7 Å². The molecule has 137 heavy (non-hydrogen) atoms. The molecule has 0 spiro atoms. The number of aromatic nitrogens is 3. The monoisotopic (exact) mass is 1980 g/mol. The van der Waals surface area contributed by atoms with E-state index < -0.39 is 275 Å². The molecule has 1 unspecified atom stereocenters. The molecule has 772 valence electrons. The van der Waals surface area contributed by atoms with E-state index >= 15 is 0 Å². The summed E-state index contributed by atoms with van der Waals surface area (Å²) in [4.78, 5) is 132. The Morgan fingerprint density at radius 3 is 1.91 bits per heavy atom. The third-order valence-electron chi connectivity index (χ3n) is 22.6. The van der Waals surface area contributed by atoms with Crippen LogP contribution in [0.4, 0.5) is 10.5 Å². The number of carbonyl (C=O) groups is 8.